The zero-order valence-electron chi connectivity index (χ0n) is 17.1. The molecule has 0 fully saturated rings. The molecule has 0 spiro atoms. The molecule has 0 heterocycles. The van der Waals surface area contributed by atoms with E-state index in [4.69, 9.17) is 44.3 Å². The first-order valence-electron chi connectivity index (χ1n) is 9.94. The summed E-state index contributed by atoms with van der Waals surface area (Å²) in [6, 6.07) is 15.6. The van der Waals surface area contributed by atoms with Crippen LogP contribution < -0.4 is 14.8 Å². The van der Waals surface area contributed by atoms with E-state index in [9.17, 15) is 4.39 Å². The summed E-state index contributed by atoms with van der Waals surface area (Å²) in [6.07, 6.45) is 0.798. The van der Waals surface area contributed by atoms with Gasteiger partial charge in [-0.25, -0.2) is 4.39 Å². The first kappa shape index (κ1) is 23.7. The standard InChI is InChI=1S/C24H23Cl3FNO2/c1-2-30-23-13-17(14-29-11-10-16-6-8-18(28)9-7-16)12-22(27)24(23)31-15-19-20(25)4-3-5-21(19)26/h3-9,12-13,29H,2,10-11,14-15H2,1H3. The number of rotatable bonds is 10. The lowest BCUT2D eigenvalue weighted by molar-refractivity contribution is 0.269. The smallest absolute Gasteiger partial charge is 0.180 e. The van der Waals surface area contributed by atoms with Crippen molar-refractivity contribution < 1.29 is 13.9 Å². The number of ether oxygens (including phenoxy) is 2. The average Bonchev–Trinajstić information content (AvgIpc) is 2.74. The van der Waals surface area contributed by atoms with Crippen molar-refractivity contribution >= 4 is 34.8 Å². The van der Waals surface area contributed by atoms with Crippen molar-refractivity contribution in [1.29, 1.82) is 0 Å². The molecule has 0 amide bonds. The Morgan fingerprint density at radius 3 is 2.26 bits per heavy atom. The molecule has 1 N–H and O–H groups in total. The SMILES string of the molecule is CCOc1cc(CNCCc2ccc(F)cc2)cc(Cl)c1OCc1c(Cl)cccc1Cl. The van der Waals surface area contributed by atoms with Gasteiger partial charge in [0.25, 0.3) is 0 Å². The number of nitrogens with one attached hydrogen (secondary N) is 1. The van der Waals surface area contributed by atoms with Crippen LogP contribution >= 0.6 is 34.8 Å². The number of hydrogen-bond acceptors (Lipinski definition) is 3. The number of benzene rings is 3. The fourth-order valence-corrected chi connectivity index (χ4v) is 3.85. The zero-order valence-corrected chi connectivity index (χ0v) is 19.3. The molecule has 3 nitrogen and oxygen atoms in total. The molecule has 0 bridgehead atoms. The molecule has 0 unspecified atom stereocenters. The fraction of sp³-hybridized carbons (Fsp3) is 0.250. The van der Waals surface area contributed by atoms with Gasteiger partial charge in [-0.3, -0.25) is 0 Å². The summed E-state index contributed by atoms with van der Waals surface area (Å²) in [5, 5.41) is 4.88. The van der Waals surface area contributed by atoms with Crippen LogP contribution in [0.4, 0.5) is 4.39 Å². The van der Waals surface area contributed by atoms with Crippen LogP contribution in [0, 0.1) is 5.82 Å². The van der Waals surface area contributed by atoms with Crippen molar-refractivity contribution in [3.63, 3.8) is 0 Å². The minimum Gasteiger partial charge on any atom is -0.490 e. The van der Waals surface area contributed by atoms with Gasteiger partial charge < -0.3 is 14.8 Å². The molecule has 164 valence electrons. The Bertz CT molecular complexity index is 992. The Kier molecular flexibility index (Phi) is 8.85. The molecule has 0 aliphatic heterocycles. The highest BCUT2D eigenvalue weighted by atomic mass is 35.5. The molecule has 0 saturated heterocycles. The van der Waals surface area contributed by atoms with E-state index in [1.807, 2.05) is 19.1 Å². The third-order valence-corrected chi connectivity index (χ3v) is 5.61. The van der Waals surface area contributed by atoms with Gasteiger partial charge in [-0.1, -0.05) is 53.0 Å². The maximum absolute atomic E-state index is 13.0. The van der Waals surface area contributed by atoms with E-state index in [2.05, 4.69) is 5.32 Å². The van der Waals surface area contributed by atoms with E-state index in [1.54, 1.807) is 30.3 Å². The lowest BCUT2D eigenvalue weighted by Gasteiger charge is -2.16. The summed E-state index contributed by atoms with van der Waals surface area (Å²) >= 11 is 19.0. The van der Waals surface area contributed by atoms with Crippen LogP contribution in [0.1, 0.15) is 23.6 Å². The van der Waals surface area contributed by atoms with Crippen molar-refractivity contribution in [3.05, 3.63) is 92.2 Å². The van der Waals surface area contributed by atoms with Gasteiger partial charge in [0.15, 0.2) is 11.5 Å². The van der Waals surface area contributed by atoms with Gasteiger partial charge in [0.2, 0.25) is 0 Å². The summed E-state index contributed by atoms with van der Waals surface area (Å²) in [5.74, 6) is 0.789. The maximum Gasteiger partial charge on any atom is 0.180 e. The Balaban J connectivity index is 1.64. The van der Waals surface area contributed by atoms with E-state index >= 15 is 0 Å². The highest BCUT2D eigenvalue weighted by molar-refractivity contribution is 6.36. The molecule has 0 saturated carbocycles. The quantitative estimate of drug-likeness (QED) is 0.313. The predicted molar refractivity (Wildman–Crippen MR) is 125 cm³/mol. The second-order valence-electron chi connectivity index (χ2n) is 6.88. The normalized spacial score (nSPS) is 10.9. The van der Waals surface area contributed by atoms with E-state index in [1.165, 1.54) is 12.1 Å². The Labute approximate surface area is 197 Å². The van der Waals surface area contributed by atoms with Gasteiger partial charge >= 0.3 is 0 Å². The Hall–Kier alpha value is -1.98. The molecule has 0 radical (unpaired) electrons. The third kappa shape index (κ3) is 6.75. The van der Waals surface area contributed by atoms with Gasteiger partial charge in [-0.05, 0) is 67.4 Å². The van der Waals surface area contributed by atoms with Crippen LogP contribution in [0.3, 0.4) is 0 Å². The number of halogens is 4. The monoisotopic (exact) mass is 481 g/mol. The van der Waals surface area contributed by atoms with Crippen molar-refractivity contribution in [2.75, 3.05) is 13.2 Å². The predicted octanol–water partition coefficient (Wildman–Crippen LogP) is 7.10. The van der Waals surface area contributed by atoms with Crippen molar-refractivity contribution in [2.45, 2.75) is 26.5 Å². The van der Waals surface area contributed by atoms with E-state index in [0.29, 0.717) is 45.3 Å². The van der Waals surface area contributed by atoms with Gasteiger partial charge in [-0.15, -0.1) is 0 Å². The molecule has 7 heteroatoms. The van der Waals surface area contributed by atoms with Crippen molar-refractivity contribution in [1.82, 2.24) is 5.32 Å². The molecular weight excluding hydrogens is 460 g/mol. The van der Waals surface area contributed by atoms with Gasteiger partial charge in [0, 0.05) is 22.2 Å². The van der Waals surface area contributed by atoms with Crippen LogP contribution in [0.15, 0.2) is 54.6 Å². The summed E-state index contributed by atoms with van der Waals surface area (Å²) < 4.78 is 24.7. The molecular formula is C24H23Cl3FNO2. The maximum atomic E-state index is 13.0. The largest absolute Gasteiger partial charge is 0.490 e. The van der Waals surface area contributed by atoms with Crippen LogP contribution in [-0.4, -0.2) is 13.2 Å². The Morgan fingerprint density at radius 1 is 0.871 bits per heavy atom. The second kappa shape index (κ2) is 11.6. The molecule has 0 atom stereocenters. The lowest BCUT2D eigenvalue weighted by atomic mass is 10.1. The fourth-order valence-electron chi connectivity index (χ4n) is 3.06. The van der Waals surface area contributed by atoms with Crippen LogP contribution in [0.2, 0.25) is 15.1 Å². The van der Waals surface area contributed by atoms with E-state index < -0.39 is 0 Å². The van der Waals surface area contributed by atoms with Crippen LogP contribution in [-0.2, 0) is 19.6 Å². The highest BCUT2D eigenvalue weighted by Gasteiger charge is 2.15. The Morgan fingerprint density at radius 2 is 1.58 bits per heavy atom. The summed E-state index contributed by atoms with van der Waals surface area (Å²) in [5.41, 5.74) is 2.73. The van der Waals surface area contributed by atoms with E-state index in [0.717, 1.165) is 24.1 Å². The topological polar surface area (TPSA) is 30.5 Å². The van der Waals surface area contributed by atoms with Crippen LogP contribution in [0.25, 0.3) is 0 Å². The van der Waals surface area contributed by atoms with Gasteiger partial charge in [-0.2, -0.15) is 0 Å². The first-order chi connectivity index (χ1) is 15.0. The average molecular weight is 483 g/mol. The highest BCUT2D eigenvalue weighted by Crippen LogP contribution is 2.38. The lowest BCUT2D eigenvalue weighted by Crippen LogP contribution is -2.17. The van der Waals surface area contributed by atoms with Crippen LogP contribution in [0.5, 0.6) is 11.5 Å². The van der Waals surface area contributed by atoms with Crippen molar-refractivity contribution in [2.24, 2.45) is 0 Å². The van der Waals surface area contributed by atoms with Gasteiger partial charge in [0.05, 0.1) is 11.6 Å². The first-order valence-corrected chi connectivity index (χ1v) is 11.1. The molecule has 0 aliphatic rings. The van der Waals surface area contributed by atoms with Gasteiger partial charge in [0.1, 0.15) is 12.4 Å². The molecule has 0 aliphatic carbocycles. The molecule has 3 aromatic rings. The molecule has 31 heavy (non-hydrogen) atoms. The molecule has 0 aromatic heterocycles. The third-order valence-electron chi connectivity index (χ3n) is 4.62. The summed E-state index contributed by atoms with van der Waals surface area (Å²) in [4.78, 5) is 0. The molecule has 3 aromatic carbocycles. The summed E-state index contributed by atoms with van der Waals surface area (Å²) in [7, 11) is 0. The number of hydrogen-bond donors (Lipinski definition) is 1. The second-order valence-corrected chi connectivity index (χ2v) is 8.10. The minimum atomic E-state index is -0.228. The zero-order chi connectivity index (χ0) is 22.2. The molecule has 3 rings (SSSR count). The van der Waals surface area contributed by atoms with Crippen molar-refractivity contribution in [3.8, 4) is 11.5 Å². The van der Waals surface area contributed by atoms with E-state index in [-0.39, 0.29) is 12.4 Å². The summed E-state index contributed by atoms with van der Waals surface area (Å²) in [6.45, 7) is 3.90. The minimum absolute atomic E-state index is 0.174.